The first kappa shape index (κ1) is 15.3. The minimum Gasteiger partial charge on any atom is -0.381 e. The lowest BCUT2D eigenvalue weighted by atomic mass is 9.92. The van der Waals surface area contributed by atoms with Crippen molar-refractivity contribution >= 4 is 5.91 Å². The Morgan fingerprint density at radius 2 is 1.86 bits per heavy atom. The number of carbonyl (C=O) groups is 1. The molecule has 21 heavy (non-hydrogen) atoms. The fourth-order valence-corrected chi connectivity index (χ4v) is 4.16. The summed E-state index contributed by atoms with van der Waals surface area (Å²) in [5, 5.41) is 3.11. The fraction of sp³-hybridized carbons (Fsp3) is 0.941. The van der Waals surface area contributed by atoms with Gasteiger partial charge in [-0.25, -0.2) is 0 Å². The molecule has 2 aliphatic heterocycles. The van der Waals surface area contributed by atoms with Crippen molar-refractivity contribution in [2.75, 3.05) is 32.8 Å². The van der Waals surface area contributed by atoms with Crippen LogP contribution in [0.2, 0.25) is 0 Å². The van der Waals surface area contributed by atoms with Gasteiger partial charge in [0.25, 0.3) is 0 Å². The zero-order chi connectivity index (χ0) is 14.5. The SMILES string of the molecule is O=C(NCCC1CCN(C2CCCC2)CC1)C1CCOC1. The highest BCUT2D eigenvalue weighted by molar-refractivity contribution is 5.78. The van der Waals surface area contributed by atoms with Gasteiger partial charge in [0.2, 0.25) is 5.91 Å². The van der Waals surface area contributed by atoms with Crippen LogP contribution in [0.1, 0.15) is 51.4 Å². The van der Waals surface area contributed by atoms with E-state index in [4.69, 9.17) is 4.74 Å². The van der Waals surface area contributed by atoms with Gasteiger partial charge in [-0.1, -0.05) is 12.8 Å². The summed E-state index contributed by atoms with van der Waals surface area (Å²) in [6, 6.07) is 0.882. The lowest BCUT2D eigenvalue weighted by molar-refractivity contribution is -0.125. The average molecular weight is 294 g/mol. The molecule has 1 saturated carbocycles. The van der Waals surface area contributed by atoms with E-state index in [2.05, 4.69) is 10.2 Å². The van der Waals surface area contributed by atoms with E-state index < -0.39 is 0 Å². The first-order chi connectivity index (χ1) is 10.3. The monoisotopic (exact) mass is 294 g/mol. The maximum Gasteiger partial charge on any atom is 0.225 e. The molecule has 0 spiro atoms. The van der Waals surface area contributed by atoms with Crippen LogP contribution < -0.4 is 5.32 Å². The molecule has 3 rings (SSSR count). The molecule has 1 aliphatic carbocycles. The zero-order valence-corrected chi connectivity index (χ0v) is 13.2. The van der Waals surface area contributed by atoms with E-state index in [0.717, 1.165) is 38.0 Å². The molecule has 0 radical (unpaired) electrons. The van der Waals surface area contributed by atoms with Gasteiger partial charge in [-0.15, -0.1) is 0 Å². The largest absolute Gasteiger partial charge is 0.381 e. The molecule has 2 heterocycles. The predicted octanol–water partition coefficient (Wildman–Crippen LogP) is 2.18. The topological polar surface area (TPSA) is 41.6 Å². The number of nitrogens with zero attached hydrogens (tertiary/aromatic N) is 1. The molecule has 1 N–H and O–H groups in total. The van der Waals surface area contributed by atoms with E-state index in [1.54, 1.807) is 0 Å². The Balaban J connectivity index is 1.29. The number of hydrogen-bond donors (Lipinski definition) is 1. The number of nitrogens with one attached hydrogen (secondary N) is 1. The summed E-state index contributed by atoms with van der Waals surface area (Å²) < 4.78 is 5.27. The van der Waals surface area contributed by atoms with Crippen LogP contribution >= 0.6 is 0 Å². The van der Waals surface area contributed by atoms with Crippen LogP contribution in [0, 0.1) is 11.8 Å². The van der Waals surface area contributed by atoms with Crippen LogP contribution in [-0.4, -0.2) is 49.7 Å². The molecule has 4 heteroatoms. The highest BCUT2D eigenvalue weighted by atomic mass is 16.5. The summed E-state index contributed by atoms with van der Waals surface area (Å²) in [4.78, 5) is 14.6. The van der Waals surface area contributed by atoms with Crippen molar-refractivity contribution in [2.24, 2.45) is 11.8 Å². The molecule has 3 fully saturated rings. The lowest BCUT2D eigenvalue weighted by Gasteiger charge is -2.36. The Morgan fingerprint density at radius 3 is 2.52 bits per heavy atom. The number of hydrogen-bond acceptors (Lipinski definition) is 3. The molecule has 0 aromatic rings. The summed E-state index contributed by atoms with van der Waals surface area (Å²) in [6.45, 7) is 4.77. The van der Waals surface area contributed by atoms with Crippen molar-refractivity contribution in [2.45, 2.75) is 57.4 Å². The molecule has 1 unspecified atom stereocenters. The zero-order valence-electron chi connectivity index (χ0n) is 13.2. The number of carbonyl (C=O) groups excluding carboxylic acids is 1. The van der Waals surface area contributed by atoms with Gasteiger partial charge in [0.1, 0.15) is 0 Å². The van der Waals surface area contributed by atoms with Gasteiger partial charge in [-0.05, 0) is 57.5 Å². The highest BCUT2D eigenvalue weighted by Crippen LogP contribution is 2.28. The summed E-state index contributed by atoms with van der Waals surface area (Å²) in [6.07, 6.45) is 10.4. The van der Waals surface area contributed by atoms with Crippen LogP contribution in [0.15, 0.2) is 0 Å². The summed E-state index contributed by atoms with van der Waals surface area (Å²) in [5.41, 5.74) is 0. The second-order valence-electron chi connectivity index (χ2n) is 7.06. The van der Waals surface area contributed by atoms with Gasteiger partial charge in [0, 0.05) is 19.2 Å². The Morgan fingerprint density at radius 1 is 1.10 bits per heavy atom. The number of amides is 1. The van der Waals surface area contributed by atoms with E-state index in [0.29, 0.717) is 6.61 Å². The second-order valence-corrected chi connectivity index (χ2v) is 7.06. The molecule has 120 valence electrons. The maximum atomic E-state index is 11.9. The molecule has 0 aromatic heterocycles. The standard InChI is InChI=1S/C17H30N2O2/c20-17(15-8-12-21-13-15)18-9-5-14-6-10-19(11-7-14)16-3-1-2-4-16/h14-16H,1-13H2,(H,18,20). The summed E-state index contributed by atoms with van der Waals surface area (Å²) in [7, 11) is 0. The van der Waals surface area contributed by atoms with E-state index in [1.165, 1.54) is 51.6 Å². The van der Waals surface area contributed by atoms with Crippen LogP contribution in [0.3, 0.4) is 0 Å². The Labute approximate surface area is 128 Å². The summed E-state index contributed by atoms with van der Waals surface area (Å²) >= 11 is 0. The number of piperidine rings is 1. The number of likely N-dealkylation sites (tertiary alicyclic amines) is 1. The molecule has 1 atom stereocenters. The Bertz CT molecular complexity index is 328. The van der Waals surface area contributed by atoms with E-state index in [-0.39, 0.29) is 11.8 Å². The highest BCUT2D eigenvalue weighted by Gasteiger charge is 2.27. The van der Waals surface area contributed by atoms with Crippen molar-refractivity contribution in [1.82, 2.24) is 10.2 Å². The van der Waals surface area contributed by atoms with Crippen LogP contribution in [-0.2, 0) is 9.53 Å². The van der Waals surface area contributed by atoms with Crippen LogP contribution in [0.25, 0.3) is 0 Å². The molecule has 3 aliphatic rings. The minimum absolute atomic E-state index is 0.106. The van der Waals surface area contributed by atoms with Crippen molar-refractivity contribution in [3.63, 3.8) is 0 Å². The third-order valence-electron chi connectivity index (χ3n) is 5.64. The van der Waals surface area contributed by atoms with Gasteiger partial charge in [-0.2, -0.15) is 0 Å². The summed E-state index contributed by atoms with van der Waals surface area (Å²) in [5.74, 6) is 1.12. The van der Waals surface area contributed by atoms with Gasteiger partial charge >= 0.3 is 0 Å². The van der Waals surface area contributed by atoms with Gasteiger partial charge in [-0.3, -0.25) is 4.79 Å². The first-order valence-electron chi connectivity index (χ1n) is 8.92. The Hall–Kier alpha value is -0.610. The Kier molecular flexibility index (Phi) is 5.53. The lowest BCUT2D eigenvalue weighted by Crippen LogP contribution is -2.41. The molecular formula is C17H30N2O2. The maximum absolute atomic E-state index is 11.9. The third kappa shape index (κ3) is 4.19. The van der Waals surface area contributed by atoms with Crippen molar-refractivity contribution in [3.05, 3.63) is 0 Å². The molecule has 1 amide bonds. The van der Waals surface area contributed by atoms with E-state index in [1.807, 2.05) is 0 Å². The number of ether oxygens (including phenoxy) is 1. The quantitative estimate of drug-likeness (QED) is 0.845. The molecular weight excluding hydrogens is 264 g/mol. The first-order valence-corrected chi connectivity index (χ1v) is 8.92. The van der Waals surface area contributed by atoms with Crippen molar-refractivity contribution < 1.29 is 9.53 Å². The second kappa shape index (κ2) is 7.59. The average Bonchev–Trinajstić information content (AvgIpc) is 3.21. The number of rotatable bonds is 5. The van der Waals surface area contributed by atoms with Gasteiger partial charge < -0.3 is 15.0 Å². The van der Waals surface area contributed by atoms with E-state index in [9.17, 15) is 4.79 Å². The molecule has 4 nitrogen and oxygen atoms in total. The third-order valence-corrected chi connectivity index (χ3v) is 5.64. The van der Waals surface area contributed by atoms with Crippen molar-refractivity contribution in [3.8, 4) is 0 Å². The molecule has 2 saturated heterocycles. The minimum atomic E-state index is 0.106. The van der Waals surface area contributed by atoms with Crippen LogP contribution in [0.4, 0.5) is 0 Å². The fourth-order valence-electron chi connectivity index (χ4n) is 4.16. The normalized spacial score (nSPS) is 29.0. The van der Waals surface area contributed by atoms with Crippen LogP contribution in [0.5, 0.6) is 0 Å². The smallest absolute Gasteiger partial charge is 0.225 e. The molecule has 0 bridgehead atoms. The van der Waals surface area contributed by atoms with E-state index >= 15 is 0 Å². The van der Waals surface area contributed by atoms with Gasteiger partial charge in [0.05, 0.1) is 12.5 Å². The molecule has 0 aromatic carbocycles. The predicted molar refractivity (Wildman–Crippen MR) is 83.1 cm³/mol. The van der Waals surface area contributed by atoms with Gasteiger partial charge in [0.15, 0.2) is 0 Å². The van der Waals surface area contributed by atoms with Crippen molar-refractivity contribution in [1.29, 1.82) is 0 Å².